The molecule has 0 aliphatic heterocycles. The summed E-state index contributed by atoms with van der Waals surface area (Å²) in [6.45, 7) is 9.03. The molecule has 4 heteroatoms. The molecule has 0 heterocycles. The van der Waals surface area contributed by atoms with E-state index in [4.69, 9.17) is 4.74 Å². The molecule has 1 aromatic rings. The van der Waals surface area contributed by atoms with Crippen LogP contribution in [-0.2, 0) is 11.2 Å². The standard InChI is InChI=1S/C16H20FNO2/c1-5-10-6-7-12-11(8-10)9-13(17)14(12)18-15(19)20-16(2,3)4/h5-8,13-14H,1,9H2,2-4H3,(H,18,19)/t13?,14-/m1/s1. The predicted molar refractivity (Wildman–Crippen MR) is 77.2 cm³/mol. The van der Waals surface area contributed by atoms with E-state index in [1.54, 1.807) is 26.8 Å². The van der Waals surface area contributed by atoms with E-state index in [0.29, 0.717) is 6.42 Å². The summed E-state index contributed by atoms with van der Waals surface area (Å²) in [7, 11) is 0. The number of alkyl halides is 1. The fourth-order valence-electron chi connectivity index (χ4n) is 2.36. The van der Waals surface area contributed by atoms with Gasteiger partial charge in [-0.1, -0.05) is 30.9 Å². The van der Waals surface area contributed by atoms with Gasteiger partial charge in [0, 0.05) is 6.42 Å². The molecule has 0 radical (unpaired) electrons. The molecule has 0 spiro atoms. The van der Waals surface area contributed by atoms with E-state index in [0.717, 1.165) is 16.7 Å². The van der Waals surface area contributed by atoms with Crippen molar-refractivity contribution in [3.8, 4) is 0 Å². The number of fused-ring (bicyclic) bond motifs is 1. The summed E-state index contributed by atoms with van der Waals surface area (Å²) in [5.41, 5.74) is 2.09. The van der Waals surface area contributed by atoms with Crippen molar-refractivity contribution in [3.05, 3.63) is 41.5 Å². The smallest absolute Gasteiger partial charge is 0.408 e. The average molecular weight is 277 g/mol. The van der Waals surface area contributed by atoms with Crippen LogP contribution >= 0.6 is 0 Å². The van der Waals surface area contributed by atoms with Gasteiger partial charge in [-0.2, -0.15) is 0 Å². The van der Waals surface area contributed by atoms with Gasteiger partial charge in [-0.05, 0) is 37.5 Å². The van der Waals surface area contributed by atoms with Crippen LogP contribution in [0.3, 0.4) is 0 Å². The number of ether oxygens (including phenoxy) is 1. The van der Waals surface area contributed by atoms with Crippen molar-refractivity contribution >= 4 is 12.2 Å². The molecule has 2 atom stereocenters. The number of nitrogens with one attached hydrogen (secondary N) is 1. The maximum absolute atomic E-state index is 14.1. The molecule has 1 aromatic carbocycles. The first-order chi connectivity index (χ1) is 9.30. The first-order valence-electron chi connectivity index (χ1n) is 6.69. The van der Waals surface area contributed by atoms with Crippen LogP contribution in [0.25, 0.3) is 6.08 Å². The summed E-state index contributed by atoms with van der Waals surface area (Å²) in [6.07, 6.45) is 0.308. The number of carbonyl (C=O) groups excluding carboxylic acids is 1. The second-order valence-corrected chi connectivity index (χ2v) is 6.01. The molecule has 1 N–H and O–H groups in total. The van der Waals surface area contributed by atoms with Gasteiger partial charge in [-0.25, -0.2) is 9.18 Å². The first-order valence-corrected chi connectivity index (χ1v) is 6.69. The number of hydrogen-bond acceptors (Lipinski definition) is 2. The molecule has 0 saturated heterocycles. The largest absolute Gasteiger partial charge is 0.444 e. The maximum atomic E-state index is 14.1. The van der Waals surface area contributed by atoms with E-state index in [-0.39, 0.29) is 0 Å². The van der Waals surface area contributed by atoms with Crippen molar-refractivity contribution < 1.29 is 13.9 Å². The molecule has 20 heavy (non-hydrogen) atoms. The Kier molecular flexibility index (Phi) is 3.84. The van der Waals surface area contributed by atoms with Gasteiger partial charge < -0.3 is 10.1 Å². The fraction of sp³-hybridized carbons (Fsp3) is 0.438. The van der Waals surface area contributed by atoms with Crippen LogP contribution in [0.15, 0.2) is 24.8 Å². The molecule has 0 saturated carbocycles. The zero-order valence-electron chi connectivity index (χ0n) is 12.1. The molecule has 1 aliphatic rings. The Bertz CT molecular complexity index is 534. The Hall–Kier alpha value is -1.84. The first kappa shape index (κ1) is 14.6. The van der Waals surface area contributed by atoms with Crippen LogP contribution in [0, 0.1) is 0 Å². The number of benzene rings is 1. The molecule has 1 aliphatic carbocycles. The van der Waals surface area contributed by atoms with Crippen molar-refractivity contribution in [2.24, 2.45) is 0 Å². The third kappa shape index (κ3) is 3.18. The second-order valence-electron chi connectivity index (χ2n) is 6.01. The lowest BCUT2D eigenvalue weighted by molar-refractivity contribution is 0.0479. The molecule has 3 nitrogen and oxygen atoms in total. The highest BCUT2D eigenvalue weighted by Crippen LogP contribution is 2.34. The molecule has 0 aromatic heterocycles. The lowest BCUT2D eigenvalue weighted by Crippen LogP contribution is -2.37. The molecular weight excluding hydrogens is 257 g/mol. The second kappa shape index (κ2) is 5.27. The summed E-state index contributed by atoms with van der Waals surface area (Å²) in [5.74, 6) is 0. The minimum absolute atomic E-state index is 0.303. The topological polar surface area (TPSA) is 38.3 Å². The highest BCUT2D eigenvalue weighted by atomic mass is 19.1. The number of amides is 1. The van der Waals surface area contributed by atoms with E-state index < -0.39 is 23.9 Å². The number of hydrogen-bond donors (Lipinski definition) is 1. The minimum atomic E-state index is -1.13. The lowest BCUT2D eigenvalue weighted by Gasteiger charge is -2.23. The normalized spacial score (nSPS) is 21.2. The van der Waals surface area contributed by atoms with Crippen LogP contribution in [-0.4, -0.2) is 17.9 Å². The number of carbonyl (C=O) groups is 1. The quantitative estimate of drug-likeness (QED) is 0.893. The van der Waals surface area contributed by atoms with Crippen LogP contribution in [0.1, 0.15) is 43.5 Å². The Morgan fingerprint density at radius 2 is 2.20 bits per heavy atom. The zero-order chi connectivity index (χ0) is 14.9. The SMILES string of the molecule is C=Cc1ccc2c(c1)CC(F)[C@@H]2NC(=O)OC(C)(C)C. The number of alkyl carbamates (subject to hydrolysis) is 1. The van der Waals surface area contributed by atoms with Crippen LogP contribution in [0.4, 0.5) is 9.18 Å². The van der Waals surface area contributed by atoms with Gasteiger partial charge in [0.15, 0.2) is 0 Å². The highest BCUT2D eigenvalue weighted by molar-refractivity contribution is 5.69. The summed E-state index contributed by atoms with van der Waals surface area (Å²) in [4.78, 5) is 11.8. The number of rotatable bonds is 2. The van der Waals surface area contributed by atoms with Gasteiger partial charge in [-0.3, -0.25) is 0 Å². The third-order valence-corrected chi connectivity index (χ3v) is 3.19. The van der Waals surface area contributed by atoms with Gasteiger partial charge >= 0.3 is 6.09 Å². The minimum Gasteiger partial charge on any atom is -0.444 e. The molecular formula is C16H20FNO2. The Labute approximate surface area is 118 Å². The van der Waals surface area contributed by atoms with E-state index in [1.165, 1.54) is 0 Å². The summed E-state index contributed by atoms with van der Waals surface area (Å²) >= 11 is 0. The van der Waals surface area contributed by atoms with Crippen molar-refractivity contribution in [1.82, 2.24) is 5.32 Å². The van der Waals surface area contributed by atoms with Crippen molar-refractivity contribution in [2.45, 2.75) is 45.0 Å². The fourth-order valence-corrected chi connectivity index (χ4v) is 2.36. The van der Waals surface area contributed by atoms with Crippen LogP contribution in [0.2, 0.25) is 0 Å². The van der Waals surface area contributed by atoms with Gasteiger partial charge in [0.25, 0.3) is 0 Å². The molecule has 2 rings (SSSR count). The van der Waals surface area contributed by atoms with E-state index in [9.17, 15) is 9.18 Å². The van der Waals surface area contributed by atoms with Gasteiger partial charge in [0.1, 0.15) is 11.8 Å². The Balaban J connectivity index is 2.15. The lowest BCUT2D eigenvalue weighted by atomic mass is 10.0. The Morgan fingerprint density at radius 3 is 2.80 bits per heavy atom. The maximum Gasteiger partial charge on any atom is 0.408 e. The van der Waals surface area contributed by atoms with Crippen LogP contribution in [0.5, 0.6) is 0 Å². The zero-order valence-corrected chi connectivity index (χ0v) is 12.1. The molecule has 1 unspecified atom stereocenters. The predicted octanol–water partition coefficient (Wildman–Crippen LogP) is 3.79. The molecule has 108 valence electrons. The summed E-state index contributed by atoms with van der Waals surface area (Å²) in [5, 5.41) is 2.62. The van der Waals surface area contributed by atoms with E-state index >= 15 is 0 Å². The molecule has 1 amide bonds. The molecule has 0 bridgehead atoms. The van der Waals surface area contributed by atoms with Crippen molar-refractivity contribution in [3.63, 3.8) is 0 Å². The monoisotopic (exact) mass is 277 g/mol. The van der Waals surface area contributed by atoms with Gasteiger partial charge in [0.05, 0.1) is 6.04 Å². The van der Waals surface area contributed by atoms with E-state index in [1.807, 2.05) is 18.2 Å². The van der Waals surface area contributed by atoms with Gasteiger partial charge in [0.2, 0.25) is 0 Å². The Morgan fingerprint density at radius 1 is 1.50 bits per heavy atom. The van der Waals surface area contributed by atoms with Crippen molar-refractivity contribution in [1.29, 1.82) is 0 Å². The summed E-state index contributed by atoms with van der Waals surface area (Å²) < 4.78 is 19.3. The summed E-state index contributed by atoms with van der Waals surface area (Å²) in [6, 6.07) is 4.98. The van der Waals surface area contributed by atoms with Crippen LogP contribution < -0.4 is 5.32 Å². The average Bonchev–Trinajstić information content (AvgIpc) is 2.62. The third-order valence-electron chi connectivity index (χ3n) is 3.19. The van der Waals surface area contributed by atoms with E-state index in [2.05, 4.69) is 11.9 Å². The highest BCUT2D eigenvalue weighted by Gasteiger charge is 2.34. The number of halogens is 1. The molecule has 0 fully saturated rings. The van der Waals surface area contributed by atoms with Gasteiger partial charge in [-0.15, -0.1) is 0 Å². The van der Waals surface area contributed by atoms with Crippen molar-refractivity contribution in [2.75, 3.05) is 0 Å².